The van der Waals surface area contributed by atoms with Crippen molar-refractivity contribution in [3.63, 3.8) is 0 Å². The fourth-order valence-electron chi connectivity index (χ4n) is 1.79. The second kappa shape index (κ2) is 7.81. The molecule has 2 rings (SSSR count). The van der Waals surface area contributed by atoms with Gasteiger partial charge in [-0.2, -0.15) is 0 Å². The molecule has 0 radical (unpaired) electrons. The van der Waals surface area contributed by atoms with Gasteiger partial charge in [0.1, 0.15) is 0 Å². The van der Waals surface area contributed by atoms with Crippen LogP contribution in [0.2, 0.25) is 0 Å². The van der Waals surface area contributed by atoms with E-state index in [1.54, 1.807) is 0 Å². The molecule has 1 aromatic heterocycles. The lowest BCUT2D eigenvalue weighted by molar-refractivity contribution is -0.387. The van der Waals surface area contributed by atoms with Crippen LogP contribution in [0.25, 0.3) is 0 Å². The summed E-state index contributed by atoms with van der Waals surface area (Å²) in [6.45, 7) is 2.31. The predicted octanol–water partition coefficient (Wildman–Crippen LogP) is 2.08. The number of nitrogens with zero attached hydrogens (tertiary/aromatic N) is 2. The van der Waals surface area contributed by atoms with Gasteiger partial charge in [-0.15, -0.1) is 11.3 Å². The van der Waals surface area contributed by atoms with Gasteiger partial charge in [0.05, 0.1) is 16.4 Å². The van der Waals surface area contributed by atoms with E-state index in [9.17, 15) is 24.8 Å². The highest BCUT2D eigenvalue weighted by Gasteiger charge is 2.30. The normalized spacial score (nSPS) is 13.0. The zero-order valence-electron chi connectivity index (χ0n) is 13.8. The summed E-state index contributed by atoms with van der Waals surface area (Å²) in [6.07, 6.45) is 0. The van der Waals surface area contributed by atoms with Gasteiger partial charge in [0.25, 0.3) is 11.6 Å². The van der Waals surface area contributed by atoms with Crippen LogP contribution in [0.4, 0.5) is 5.69 Å². The molecule has 0 bridgehead atoms. The molecule has 1 atom stereocenters. The number of amides is 1. The van der Waals surface area contributed by atoms with E-state index in [1.165, 1.54) is 23.5 Å². The average Bonchev–Trinajstić information content (AvgIpc) is 2.97. The largest absolute Gasteiger partial charge is 0.479 e. The van der Waals surface area contributed by atoms with Crippen molar-refractivity contribution in [1.82, 2.24) is 10.3 Å². The van der Waals surface area contributed by atoms with Gasteiger partial charge in [0.2, 0.25) is 0 Å². The Hall–Kier alpha value is -2.50. The maximum Gasteiger partial charge on any atom is 0.337 e. The van der Waals surface area contributed by atoms with Crippen LogP contribution in [0.5, 0.6) is 0 Å². The minimum Gasteiger partial charge on any atom is -0.479 e. The van der Waals surface area contributed by atoms with Crippen molar-refractivity contribution in [1.29, 1.82) is 0 Å². The molecule has 1 amide bonds. The third-order valence-corrected chi connectivity index (χ3v) is 5.39. The molecule has 0 saturated heterocycles. The molecule has 0 fully saturated rings. The van der Waals surface area contributed by atoms with Gasteiger partial charge in [0, 0.05) is 22.7 Å². The van der Waals surface area contributed by atoms with Gasteiger partial charge in [0.15, 0.2) is 9.94 Å². The van der Waals surface area contributed by atoms with E-state index in [-0.39, 0.29) is 11.3 Å². The summed E-state index contributed by atoms with van der Waals surface area (Å²) in [7, 11) is 0. The van der Waals surface area contributed by atoms with Gasteiger partial charge in [-0.05, 0) is 26.0 Å². The molecular weight excluding hydrogens is 382 g/mol. The van der Waals surface area contributed by atoms with E-state index in [0.29, 0.717) is 9.24 Å². The third kappa shape index (κ3) is 4.77. The Morgan fingerprint density at radius 1 is 1.46 bits per heavy atom. The molecule has 0 aliphatic carbocycles. The number of aliphatic hydroxyl groups is 1. The van der Waals surface area contributed by atoms with Crippen molar-refractivity contribution in [2.24, 2.45) is 0 Å². The number of carboxylic acid groups (broad SMARTS) is 1. The quantitative estimate of drug-likeness (QED) is 0.476. The molecule has 138 valence electrons. The fraction of sp³-hybridized carbons (Fsp3) is 0.267. The molecule has 0 aliphatic heterocycles. The van der Waals surface area contributed by atoms with Crippen molar-refractivity contribution < 1.29 is 24.7 Å². The molecule has 0 saturated carbocycles. The topological polar surface area (TPSA) is 143 Å². The Morgan fingerprint density at radius 3 is 2.69 bits per heavy atom. The van der Waals surface area contributed by atoms with Crippen molar-refractivity contribution >= 4 is 40.7 Å². The van der Waals surface area contributed by atoms with Crippen molar-refractivity contribution in [2.45, 2.75) is 28.7 Å². The van der Waals surface area contributed by atoms with Crippen LogP contribution in [-0.2, 0) is 4.79 Å². The van der Waals surface area contributed by atoms with E-state index in [2.05, 4.69) is 10.3 Å². The van der Waals surface area contributed by atoms with E-state index < -0.39 is 28.9 Å². The molecule has 26 heavy (non-hydrogen) atoms. The van der Waals surface area contributed by atoms with Crippen LogP contribution in [0.1, 0.15) is 23.0 Å². The molecule has 1 unspecified atom stereocenters. The number of hydrogen-bond acceptors (Lipinski definition) is 8. The number of carbonyl (C=O) groups excluding carboxylic acids is 1. The summed E-state index contributed by atoms with van der Waals surface area (Å²) in [5.74, 6) is -2.22. The number of thiazole rings is 1. The minimum absolute atomic E-state index is 0.0161. The minimum atomic E-state index is -2.14. The number of nitro groups is 1. The van der Waals surface area contributed by atoms with Crippen LogP contribution >= 0.6 is 23.1 Å². The van der Waals surface area contributed by atoms with Crippen LogP contribution in [0, 0.1) is 17.0 Å². The lowest BCUT2D eigenvalue weighted by Crippen LogP contribution is -2.46. The monoisotopic (exact) mass is 397 g/mol. The lowest BCUT2D eigenvalue weighted by Gasteiger charge is -2.18. The summed E-state index contributed by atoms with van der Waals surface area (Å²) in [5, 5.41) is 33.8. The highest BCUT2D eigenvalue weighted by atomic mass is 32.2. The zero-order valence-corrected chi connectivity index (χ0v) is 15.4. The summed E-state index contributed by atoms with van der Waals surface area (Å²) < 4.78 is 0.639. The second-order valence-corrected chi connectivity index (χ2v) is 7.71. The Bertz CT molecular complexity index is 865. The number of carbonyl (C=O) groups is 2. The van der Waals surface area contributed by atoms with Crippen LogP contribution < -0.4 is 5.32 Å². The highest BCUT2D eigenvalue weighted by molar-refractivity contribution is 8.01. The SMILES string of the molecule is Cc1csc(Sc2ccc(C(=O)NCC(C)(O)C(=O)O)cc2[N+](=O)[O-])n1. The first-order chi connectivity index (χ1) is 12.1. The fourth-order valence-corrected chi connectivity index (χ4v) is 3.67. The Morgan fingerprint density at radius 2 is 2.15 bits per heavy atom. The molecule has 9 nitrogen and oxygen atoms in total. The average molecular weight is 397 g/mol. The maximum absolute atomic E-state index is 12.1. The molecule has 11 heteroatoms. The smallest absolute Gasteiger partial charge is 0.337 e. The summed E-state index contributed by atoms with van der Waals surface area (Å²) in [5.41, 5.74) is -1.61. The number of rotatable bonds is 7. The number of benzene rings is 1. The van der Waals surface area contributed by atoms with Crippen LogP contribution in [0.15, 0.2) is 32.8 Å². The lowest BCUT2D eigenvalue weighted by atomic mass is 10.1. The van der Waals surface area contributed by atoms with Crippen LogP contribution in [0.3, 0.4) is 0 Å². The Balaban J connectivity index is 2.20. The number of nitro benzene ring substituents is 1. The first-order valence-corrected chi connectivity index (χ1v) is 8.92. The van der Waals surface area contributed by atoms with E-state index >= 15 is 0 Å². The maximum atomic E-state index is 12.1. The number of nitrogens with one attached hydrogen (secondary N) is 1. The Kier molecular flexibility index (Phi) is 5.95. The first-order valence-electron chi connectivity index (χ1n) is 7.22. The standard InChI is InChI=1S/C15H15N3O6S2/c1-8-6-25-14(17-8)26-11-4-3-9(5-10(11)18(23)24)12(19)16-7-15(2,22)13(20)21/h3-6,22H,7H2,1-2H3,(H,16,19)(H,20,21). The van der Waals surface area contributed by atoms with E-state index in [0.717, 1.165) is 30.4 Å². The first kappa shape index (κ1) is 19.8. The summed E-state index contributed by atoms with van der Waals surface area (Å²) >= 11 is 2.48. The zero-order chi connectivity index (χ0) is 19.5. The van der Waals surface area contributed by atoms with Gasteiger partial charge >= 0.3 is 5.97 Å². The summed E-state index contributed by atoms with van der Waals surface area (Å²) in [4.78, 5) is 38.2. The van der Waals surface area contributed by atoms with Crippen molar-refractivity contribution in [3.05, 3.63) is 45.0 Å². The number of aryl methyl sites for hydroxylation is 1. The molecule has 1 aromatic carbocycles. The van der Waals surface area contributed by atoms with Gasteiger partial charge in [-0.25, -0.2) is 9.78 Å². The Labute approximate surface area is 156 Å². The van der Waals surface area contributed by atoms with Crippen LogP contribution in [-0.4, -0.2) is 44.1 Å². The summed E-state index contributed by atoms with van der Waals surface area (Å²) in [6, 6.07) is 3.93. The van der Waals surface area contributed by atoms with Gasteiger partial charge in [-0.3, -0.25) is 14.9 Å². The molecular formula is C15H15N3O6S2. The highest BCUT2D eigenvalue weighted by Crippen LogP contribution is 2.36. The van der Waals surface area contributed by atoms with Gasteiger partial charge < -0.3 is 15.5 Å². The number of aliphatic carboxylic acids is 1. The van der Waals surface area contributed by atoms with Crippen molar-refractivity contribution in [3.8, 4) is 0 Å². The van der Waals surface area contributed by atoms with E-state index in [1.807, 2.05) is 12.3 Å². The third-order valence-electron chi connectivity index (χ3n) is 3.27. The van der Waals surface area contributed by atoms with Crippen molar-refractivity contribution in [2.75, 3.05) is 6.54 Å². The molecule has 3 N–H and O–H groups in total. The number of aromatic nitrogens is 1. The molecule has 2 aromatic rings. The predicted molar refractivity (Wildman–Crippen MR) is 94.7 cm³/mol. The number of hydrogen-bond donors (Lipinski definition) is 3. The number of carboxylic acids is 1. The molecule has 0 aliphatic rings. The second-order valence-electron chi connectivity index (χ2n) is 5.56. The van der Waals surface area contributed by atoms with E-state index in [4.69, 9.17) is 5.11 Å². The molecule has 1 heterocycles. The van der Waals surface area contributed by atoms with Gasteiger partial charge in [-0.1, -0.05) is 11.8 Å². The molecule has 0 spiro atoms.